The maximum absolute atomic E-state index is 5.64. The van der Waals surface area contributed by atoms with E-state index in [1.54, 1.807) is 6.33 Å². The highest BCUT2D eigenvalue weighted by Crippen LogP contribution is 2.22. The van der Waals surface area contributed by atoms with Crippen LogP contribution in [0.15, 0.2) is 36.7 Å². The van der Waals surface area contributed by atoms with Crippen molar-refractivity contribution >= 4 is 11.5 Å². The van der Waals surface area contributed by atoms with Gasteiger partial charge in [0, 0.05) is 31.0 Å². The summed E-state index contributed by atoms with van der Waals surface area (Å²) in [5, 5.41) is 0. The summed E-state index contributed by atoms with van der Waals surface area (Å²) in [7, 11) is 1.98. The number of hydrogen-bond acceptors (Lipinski definition) is 4. The molecule has 0 unspecified atom stereocenters. The van der Waals surface area contributed by atoms with Crippen molar-refractivity contribution in [1.82, 2.24) is 9.97 Å². The number of hydrogen-bond donors (Lipinski definition) is 1. The summed E-state index contributed by atoms with van der Waals surface area (Å²) in [6.07, 6.45) is 1.58. The third-order valence-corrected chi connectivity index (χ3v) is 2.67. The summed E-state index contributed by atoms with van der Waals surface area (Å²) >= 11 is 0. The van der Waals surface area contributed by atoms with Gasteiger partial charge in [-0.05, 0) is 24.6 Å². The van der Waals surface area contributed by atoms with Gasteiger partial charge in [0.05, 0.1) is 0 Å². The van der Waals surface area contributed by atoms with Crippen LogP contribution in [0.1, 0.15) is 11.3 Å². The molecule has 4 heteroatoms. The fourth-order valence-corrected chi connectivity index (χ4v) is 1.65. The van der Waals surface area contributed by atoms with Gasteiger partial charge in [-0.3, -0.25) is 0 Å². The zero-order chi connectivity index (χ0) is 12.3. The van der Waals surface area contributed by atoms with Crippen LogP contribution in [-0.4, -0.2) is 17.0 Å². The van der Waals surface area contributed by atoms with Gasteiger partial charge in [-0.25, -0.2) is 9.97 Å². The molecule has 0 atom stereocenters. The molecule has 0 aliphatic heterocycles. The van der Waals surface area contributed by atoms with Gasteiger partial charge in [-0.2, -0.15) is 0 Å². The minimum Gasteiger partial charge on any atom is -0.329 e. The molecule has 0 radical (unpaired) electrons. The van der Waals surface area contributed by atoms with Gasteiger partial charge in [0.25, 0.3) is 0 Å². The Labute approximate surface area is 101 Å². The second-order valence-corrected chi connectivity index (χ2v) is 3.95. The van der Waals surface area contributed by atoms with E-state index >= 15 is 0 Å². The Hall–Kier alpha value is -1.94. The molecule has 0 amide bonds. The lowest BCUT2D eigenvalue weighted by molar-refractivity contribution is 1.03. The van der Waals surface area contributed by atoms with Crippen molar-refractivity contribution in [1.29, 1.82) is 0 Å². The van der Waals surface area contributed by atoms with E-state index in [0.717, 1.165) is 22.8 Å². The van der Waals surface area contributed by atoms with E-state index < -0.39 is 0 Å². The number of benzene rings is 1. The molecule has 0 bridgehead atoms. The van der Waals surface area contributed by atoms with Gasteiger partial charge in [0.15, 0.2) is 0 Å². The van der Waals surface area contributed by atoms with Crippen LogP contribution in [0.3, 0.4) is 0 Å². The van der Waals surface area contributed by atoms with E-state index in [-0.39, 0.29) is 0 Å². The molecule has 0 saturated carbocycles. The van der Waals surface area contributed by atoms with E-state index in [0.29, 0.717) is 6.54 Å². The summed E-state index contributed by atoms with van der Waals surface area (Å²) in [5.74, 6) is 0.881. The zero-order valence-electron chi connectivity index (χ0n) is 10.1. The Morgan fingerprint density at radius 3 is 2.76 bits per heavy atom. The van der Waals surface area contributed by atoms with Crippen LogP contribution in [0.4, 0.5) is 11.5 Å². The Morgan fingerprint density at radius 1 is 1.24 bits per heavy atom. The largest absolute Gasteiger partial charge is 0.329 e. The van der Waals surface area contributed by atoms with E-state index in [9.17, 15) is 0 Å². The lowest BCUT2D eigenvalue weighted by atomic mass is 10.2. The quantitative estimate of drug-likeness (QED) is 0.873. The third kappa shape index (κ3) is 2.60. The van der Waals surface area contributed by atoms with Crippen molar-refractivity contribution in [2.75, 3.05) is 11.9 Å². The monoisotopic (exact) mass is 228 g/mol. The summed E-state index contributed by atoms with van der Waals surface area (Å²) in [4.78, 5) is 10.4. The molecule has 88 valence electrons. The Morgan fingerprint density at radius 2 is 2.06 bits per heavy atom. The minimum atomic E-state index is 0.546. The van der Waals surface area contributed by atoms with E-state index in [4.69, 9.17) is 5.73 Å². The molecule has 1 aromatic carbocycles. The van der Waals surface area contributed by atoms with Gasteiger partial charge in [-0.1, -0.05) is 12.1 Å². The van der Waals surface area contributed by atoms with Crippen LogP contribution >= 0.6 is 0 Å². The molecule has 0 aliphatic carbocycles. The molecule has 0 saturated heterocycles. The van der Waals surface area contributed by atoms with Crippen LogP contribution in [-0.2, 0) is 6.54 Å². The van der Waals surface area contributed by atoms with Crippen molar-refractivity contribution in [2.45, 2.75) is 13.5 Å². The van der Waals surface area contributed by atoms with Crippen LogP contribution in [0.25, 0.3) is 0 Å². The number of nitrogens with zero attached hydrogens (tertiary/aromatic N) is 3. The Balaban J connectivity index is 2.33. The normalized spacial score (nSPS) is 10.3. The SMILES string of the molecule is Cc1cc(N(C)c2cccc(CN)c2)ncn1. The highest BCUT2D eigenvalue weighted by atomic mass is 15.2. The van der Waals surface area contributed by atoms with Gasteiger partial charge >= 0.3 is 0 Å². The van der Waals surface area contributed by atoms with Crippen LogP contribution in [0.5, 0.6) is 0 Å². The van der Waals surface area contributed by atoms with Crippen molar-refractivity contribution in [3.05, 3.63) is 47.9 Å². The number of nitrogens with two attached hydrogens (primary N) is 1. The number of rotatable bonds is 3. The van der Waals surface area contributed by atoms with E-state index in [2.05, 4.69) is 16.0 Å². The van der Waals surface area contributed by atoms with Crippen molar-refractivity contribution in [2.24, 2.45) is 5.73 Å². The molecule has 0 fully saturated rings. The first-order chi connectivity index (χ1) is 8.20. The van der Waals surface area contributed by atoms with E-state index in [1.807, 2.05) is 43.1 Å². The predicted octanol–water partition coefficient (Wildman–Crippen LogP) is 2.01. The summed E-state index contributed by atoms with van der Waals surface area (Å²) < 4.78 is 0. The maximum Gasteiger partial charge on any atom is 0.136 e. The molecule has 0 aliphatic rings. The molecular weight excluding hydrogens is 212 g/mol. The van der Waals surface area contributed by atoms with Crippen LogP contribution < -0.4 is 10.6 Å². The summed E-state index contributed by atoms with van der Waals surface area (Å²) in [6, 6.07) is 10.1. The highest BCUT2D eigenvalue weighted by molar-refractivity contribution is 5.59. The molecule has 2 rings (SSSR count). The molecule has 4 nitrogen and oxygen atoms in total. The molecule has 1 heterocycles. The molecular formula is C13H16N4. The molecule has 17 heavy (non-hydrogen) atoms. The third-order valence-electron chi connectivity index (χ3n) is 2.67. The Kier molecular flexibility index (Phi) is 3.35. The molecule has 1 aromatic heterocycles. The van der Waals surface area contributed by atoms with Gasteiger partial charge in [0.2, 0.25) is 0 Å². The lowest BCUT2D eigenvalue weighted by Crippen LogP contribution is -2.12. The van der Waals surface area contributed by atoms with Crippen molar-refractivity contribution in [3.63, 3.8) is 0 Å². The highest BCUT2D eigenvalue weighted by Gasteiger charge is 2.05. The molecule has 2 N–H and O–H groups in total. The standard InChI is InChI=1S/C13H16N4/c1-10-6-13(16-9-15-10)17(2)12-5-3-4-11(7-12)8-14/h3-7,9H,8,14H2,1-2H3. The summed E-state index contributed by atoms with van der Waals surface area (Å²) in [5.41, 5.74) is 8.78. The van der Waals surface area contributed by atoms with Gasteiger partial charge < -0.3 is 10.6 Å². The van der Waals surface area contributed by atoms with Crippen molar-refractivity contribution < 1.29 is 0 Å². The smallest absolute Gasteiger partial charge is 0.136 e. The first-order valence-electron chi connectivity index (χ1n) is 5.52. The lowest BCUT2D eigenvalue weighted by Gasteiger charge is -2.19. The first-order valence-corrected chi connectivity index (χ1v) is 5.52. The number of aromatic nitrogens is 2. The minimum absolute atomic E-state index is 0.546. The molecule has 2 aromatic rings. The zero-order valence-corrected chi connectivity index (χ0v) is 10.1. The fourth-order valence-electron chi connectivity index (χ4n) is 1.65. The van der Waals surface area contributed by atoms with Gasteiger partial charge in [0.1, 0.15) is 12.1 Å². The second-order valence-electron chi connectivity index (χ2n) is 3.95. The average molecular weight is 228 g/mol. The van der Waals surface area contributed by atoms with E-state index in [1.165, 1.54) is 0 Å². The second kappa shape index (κ2) is 4.93. The van der Waals surface area contributed by atoms with Gasteiger partial charge in [-0.15, -0.1) is 0 Å². The van der Waals surface area contributed by atoms with Crippen LogP contribution in [0, 0.1) is 6.92 Å². The van der Waals surface area contributed by atoms with Crippen molar-refractivity contribution in [3.8, 4) is 0 Å². The van der Waals surface area contributed by atoms with Crippen LogP contribution in [0.2, 0.25) is 0 Å². The number of anilines is 2. The fraction of sp³-hybridized carbons (Fsp3) is 0.231. The maximum atomic E-state index is 5.64. The average Bonchev–Trinajstić information content (AvgIpc) is 2.38. The first kappa shape index (κ1) is 11.5. The summed E-state index contributed by atoms with van der Waals surface area (Å²) in [6.45, 7) is 2.50. The molecule has 0 spiro atoms. The topological polar surface area (TPSA) is 55.0 Å². The number of aryl methyl sites for hydroxylation is 1. The Bertz CT molecular complexity index is 510. The predicted molar refractivity (Wildman–Crippen MR) is 69.2 cm³/mol.